The summed E-state index contributed by atoms with van der Waals surface area (Å²) in [6, 6.07) is 6.33. The molecular weight excluding hydrogens is 293 g/mol. The second-order valence-corrected chi connectivity index (χ2v) is 5.70. The molecule has 1 aliphatic heterocycles. The van der Waals surface area contributed by atoms with Crippen LogP contribution in [0.25, 0.3) is 5.57 Å². The summed E-state index contributed by atoms with van der Waals surface area (Å²) in [7, 11) is 0. The van der Waals surface area contributed by atoms with Crippen LogP contribution < -0.4 is 0 Å². The minimum atomic E-state index is -0.912. The minimum absolute atomic E-state index is 0.0457. The maximum atomic E-state index is 12.9. The summed E-state index contributed by atoms with van der Waals surface area (Å²) < 4.78 is 12.9. The van der Waals surface area contributed by atoms with Crippen LogP contribution in [0.3, 0.4) is 0 Å². The molecule has 0 fully saturated rings. The molecule has 1 aromatic rings. The Kier molecular flexibility index (Phi) is 5.38. The molecule has 112 valence electrons. The van der Waals surface area contributed by atoms with Gasteiger partial charge in [-0.2, -0.15) is 0 Å². The molecule has 0 bridgehead atoms. The van der Waals surface area contributed by atoms with Crippen molar-refractivity contribution in [2.24, 2.45) is 0 Å². The number of aliphatic carboxylic acids is 1. The van der Waals surface area contributed by atoms with Gasteiger partial charge in [-0.3, -0.25) is 9.59 Å². The number of carboxylic acids is 1. The molecule has 2 rings (SSSR count). The Hall–Kier alpha value is -1.82. The summed E-state index contributed by atoms with van der Waals surface area (Å²) in [6.45, 7) is 1.12. The maximum Gasteiger partial charge on any atom is 0.313 e. The number of thioether (sulfide) groups is 1. The van der Waals surface area contributed by atoms with Crippen molar-refractivity contribution >= 4 is 29.2 Å². The van der Waals surface area contributed by atoms with Crippen molar-refractivity contribution in [1.29, 1.82) is 0 Å². The van der Waals surface area contributed by atoms with Crippen LogP contribution in [0.5, 0.6) is 0 Å². The molecule has 0 saturated heterocycles. The van der Waals surface area contributed by atoms with Gasteiger partial charge >= 0.3 is 5.97 Å². The van der Waals surface area contributed by atoms with Crippen LogP contribution >= 0.6 is 11.8 Å². The lowest BCUT2D eigenvalue weighted by molar-refractivity contribution is -0.133. The number of amides is 1. The molecule has 0 unspecified atom stereocenters. The van der Waals surface area contributed by atoms with Crippen molar-refractivity contribution in [2.45, 2.75) is 6.42 Å². The van der Waals surface area contributed by atoms with E-state index in [1.165, 1.54) is 12.1 Å². The molecule has 1 N–H and O–H groups in total. The summed E-state index contributed by atoms with van der Waals surface area (Å²) in [5, 5.41) is 8.54. The highest BCUT2D eigenvalue weighted by molar-refractivity contribution is 8.00. The van der Waals surface area contributed by atoms with Gasteiger partial charge in [-0.1, -0.05) is 18.2 Å². The van der Waals surface area contributed by atoms with Crippen molar-refractivity contribution in [1.82, 2.24) is 4.90 Å². The Balaban J connectivity index is 1.87. The minimum Gasteiger partial charge on any atom is -0.481 e. The third-order valence-electron chi connectivity index (χ3n) is 3.23. The fourth-order valence-electron chi connectivity index (χ4n) is 2.14. The number of halogens is 1. The standard InChI is InChI=1S/C15H16FNO3S/c16-13-3-1-11(2-4-13)12-5-7-17(8-6-12)14(18)9-21-10-15(19)20/h1-5H,6-10H2,(H,19,20). The molecule has 0 saturated carbocycles. The van der Waals surface area contributed by atoms with E-state index in [-0.39, 0.29) is 23.2 Å². The number of hydrogen-bond donors (Lipinski definition) is 1. The van der Waals surface area contributed by atoms with Crippen molar-refractivity contribution in [3.63, 3.8) is 0 Å². The predicted octanol–water partition coefficient (Wildman–Crippen LogP) is 2.26. The van der Waals surface area contributed by atoms with Crippen molar-refractivity contribution in [2.75, 3.05) is 24.6 Å². The van der Waals surface area contributed by atoms with Gasteiger partial charge < -0.3 is 10.0 Å². The largest absolute Gasteiger partial charge is 0.481 e. The van der Waals surface area contributed by atoms with Crippen LogP contribution in [0.2, 0.25) is 0 Å². The number of carboxylic acid groups (broad SMARTS) is 1. The molecule has 0 aromatic heterocycles. The molecule has 1 aliphatic rings. The summed E-state index contributed by atoms with van der Waals surface area (Å²) in [6.07, 6.45) is 2.69. The number of nitrogens with zero attached hydrogens (tertiary/aromatic N) is 1. The monoisotopic (exact) mass is 309 g/mol. The molecule has 0 atom stereocenters. The second-order valence-electron chi connectivity index (χ2n) is 4.71. The summed E-state index contributed by atoms with van der Waals surface area (Å²) in [5.74, 6) is -1.09. The van der Waals surface area contributed by atoms with Gasteiger partial charge in [0, 0.05) is 13.1 Å². The molecule has 0 spiro atoms. The second kappa shape index (κ2) is 7.26. The van der Waals surface area contributed by atoms with Crippen LogP contribution in [0, 0.1) is 5.82 Å². The Morgan fingerprint density at radius 1 is 1.24 bits per heavy atom. The SMILES string of the molecule is O=C(O)CSCC(=O)N1CC=C(c2ccc(F)cc2)CC1. The summed E-state index contributed by atoms with van der Waals surface area (Å²) in [4.78, 5) is 24.0. The van der Waals surface area contributed by atoms with E-state index in [0.29, 0.717) is 13.1 Å². The summed E-state index contributed by atoms with van der Waals surface area (Å²) >= 11 is 1.11. The van der Waals surface area contributed by atoms with E-state index in [1.807, 2.05) is 6.08 Å². The average molecular weight is 309 g/mol. The van der Waals surface area contributed by atoms with Gasteiger partial charge in [0.05, 0.1) is 11.5 Å². The molecule has 6 heteroatoms. The van der Waals surface area contributed by atoms with Gasteiger partial charge in [0.15, 0.2) is 0 Å². The van der Waals surface area contributed by atoms with Crippen molar-refractivity contribution < 1.29 is 19.1 Å². The Morgan fingerprint density at radius 3 is 2.52 bits per heavy atom. The van der Waals surface area contributed by atoms with Gasteiger partial charge in [-0.15, -0.1) is 11.8 Å². The highest BCUT2D eigenvalue weighted by atomic mass is 32.2. The number of carbonyl (C=O) groups excluding carboxylic acids is 1. The highest BCUT2D eigenvalue weighted by Crippen LogP contribution is 2.22. The first-order chi connectivity index (χ1) is 10.1. The van der Waals surface area contributed by atoms with E-state index in [0.717, 1.165) is 29.3 Å². The normalized spacial score (nSPS) is 14.7. The Labute approximate surface area is 126 Å². The number of carbonyl (C=O) groups is 2. The fraction of sp³-hybridized carbons (Fsp3) is 0.333. The van der Waals surface area contributed by atoms with Crippen LogP contribution in [0.4, 0.5) is 4.39 Å². The molecule has 1 heterocycles. The third kappa shape index (κ3) is 4.60. The third-order valence-corrected chi connectivity index (χ3v) is 4.13. The van der Waals surface area contributed by atoms with Crippen LogP contribution in [0.15, 0.2) is 30.3 Å². The van der Waals surface area contributed by atoms with Gasteiger partial charge in [0.2, 0.25) is 5.91 Å². The van der Waals surface area contributed by atoms with E-state index in [9.17, 15) is 14.0 Å². The van der Waals surface area contributed by atoms with E-state index in [2.05, 4.69) is 0 Å². The predicted molar refractivity (Wildman–Crippen MR) is 80.5 cm³/mol. The summed E-state index contributed by atoms with van der Waals surface area (Å²) in [5.41, 5.74) is 2.08. The average Bonchev–Trinajstić information content (AvgIpc) is 2.48. The molecule has 21 heavy (non-hydrogen) atoms. The van der Waals surface area contributed by atoms with Gasteiger partial charge in [0.1, 0.15) is 5.82 Å². The van der Waals surface area contributed by atoms with Crippen molar-refractivity contribution in [3.8, 4) is 0 Å². The fourth-order valence-corrected chi connectivity index (χ4v) is 2.77. The lowest BCUT2D eigenvalue weighted by atomic mass is 9.99. The maximum absolute atomic E-state index is 12.9. The Morgan fingerprint density at radius 2 is 1.95 bits per heavy atom. The topological polar surface area (TPSA) is 57.6 Å². The smallest absolute Gasteiger partial charge is 0.313 e. The van der Waals surface area contributed by atoms with E-state index in [4.69, 9.17) is 5.11 Å². The molecule has 4 nitrogen and oxygen atoms in total. The number of rotatable bonds is 5. The van der Waals surface area contributed by atoms with Gasteiger partial charge in [-0.05, 0) is 29.7 Å². The molecule has 1 amide bonds. The zero-order chi connectivity index (χ0) is 15.2. The first kappa shape index (κ1) is 15.6. The molecule has 0 radical (unpaired) electrons. The highest BCUT2D eigenvalue weighted by Gasteiger charge is 2.18. The van der Waals surface area contributed by atoms with Crippen LogP contribution in [-0.2, 0) is 9.59 Å². The molecule has 0 aliphatic carbocycles. The quantitative estimate of drug-likeness (QED) is 0.906. The zero-order valence-corrected chi connectivity index (χ0v) is 12.2. The van der Waals surface area contributed by atoms with Crippen molar-refractivity contribution in [3.05, 3.63) is 41.7 Å². The van der Waals surface area contributed by atoms with Crippen LogP contribution in [-0.4, -0.2) is 46.5 Å². The van der Waals surface area contributed by atoms with Gasteiger partial charge in [-0.25, -0.2) is 4.39 Å². The lowest BCUT2D eigenvalue weighted by Gasteiger charge is -2.26. The molecular formula is C15H16FNO3S. The van der Waals surface area contributed by atoms with E-state index < -0.39 is 5.97 Å². The van der Waals surface area contributed by atoms with Gasteiger partial charge in [0.25, 0.3) is 0 Å². The van der Waals surface area contributed by atoms with Crippen LogP contribution in [0.1, 0.15) is 12.0 Å². The van der Waals surface area contributed by atoms with E-state index in [1.54, 1.807) is 17.0 Å². The van der Waals surface area contributed by atoms with E-state index >= 15 is 0 Å². The number of hydrogen-bond acceptors (Lipinski definition) is 3. The Bertz CT molecular complexity index is 557. The first-order valence-electron chi connectivity index (χ1n) is 6.58. The first-order valence-corrected chi connectivity index (χ1v) is 7.74. The molecule has 1 aromatic carbocycles. The number of benzene rings is 1. The lowest BCUT2D eigenvalue weighted by Crippen LogP contribution is -2.36. The zero-order valence-electron chi connectivity index (χ0n) is 11.4.